The molecule has 126 valence electrons. The van der Waals surface area contributed by atoms with Gasteiger partial charge in [-0.05, 0) is 6.07 Å². The van der Waals surface area contributed by atoms with Crippen LogP contribution in [0, 0.1) is 5.41 Å². The monoisotopic (exact) mass is 327 g/mol. The smallest absolute Gasteiger partial charge is 0.393 e. The molecule has 0 bridgehead atoms. The van der Waals surface area contributed by atoms with Crippen molar-refractivity contribution in [1.29, 1.82) is 0 Å². The molecule has 1 N–H and O–H groups in total. The van der Waals surface area contributed by atoms with E-state index in [1.54, 1.807) is 45.0 Å². The molecule has 1 atom stereocenters. The summed E-state index contributed by atoms with van der Waals surface area (Å²) in [6.07, 6.45) is -4.23. The highest BCUT2D eigenvalue weighted by Crippen LogP contribution is 2.51. The standard InChI is InChI=1S/C17H20F3NO2/c1-11(22)23-16(15(2,3)4,10-17(18,19)20)13-9-21-14-8-6-5-7-12(13)14/h5-9,21H,10H2,1-4H3. The molecule has 0 aliphatic carbocycles. The second-order valence-corrected chi connectivity index (χ2v) is 6.71. The Labute approximate surface area is 132 Å². The molecule has 0 aliphatic heterocycles. The van der Waals surface area contributed by atoms with E-state index in [9.17, 15) is 18.0 Å². The lowest BCUT2D eigenvalue weighted by Crippen LogP contribution is -2.47. The van der Waals surface area contributed by atoms with Crippen LogP contribution in [-0.2, 0) is 15.1 Å². The maximum Gasteiger partial charge on any atom is 0.393 e. The Morgan fingerprint density at radius 1 is 1.17 bits per heavy atom. The number of hydrogen-bond donors (Lipinski definition) is 1. The van der Waals surface area contributed by atoms with E-state index in [4.69, 9.17) is 4.74 Å². The molecule has 3 nitrogen and oxygen atoms in total. The molecular weight excluding hydrogens is 307 g/mol. The zero-order valence-electron chi connectivity index (χ0n) is 13.5. The predicted molar refractivity (Wildman–Crippen MR) is 81.9 cm³/mol. The van der Waals surface area contributed by atoms with Gasteiger partial charge < -0.3 is 9.72 Å². The third-order valence-electron chi connectivity index (χ3n) is 4.00. The Morgan fingerprint density at radius 3 is 2.30 bits per heavy atom. The molecule has 1 unspecified atom stereocenters. The third kappa shape index (κ3) is 3.35. The molecule has 2 aromatic rings. The van der Waals surface area contributed by atoms with Crippen LogP contribution in [0.3, 0.4) is 0 Å². The number of halogens is 3. The quantitative estimate of drug-likeness (QED) is 0.813. The zero-order chi connectivity index (χ0) is 17.5. The number of H-pyrrole nitrogens is 1. The molecule has 0 fully saturated rings. The van der Waals surface area contributed by atoms with Crippen LogP contribution >= 0.6 is 0 Å². The fourth-order valence-electron chi connectivity index (χ4n) is 2.94. The van der Waals surface area contributed by atoms with E-state index >= 15 is 0 Å². The van der Waals surface area contributed by atoms with Crippen LogP contribution < -0.4 is 0 Å². The van der Waals surface area contributed by atoms with Crippen molar-refractivity contribution in [3.05, 3.63) is 36.0 Å². The number of esters is 1. The zero-order valence-corrected chi connectivity index (χ0v) is 13.5. The lowest BCUT2D eigenvalue weighted by Gasteiger charge is -2.44. The fourth-order valence-corrected chi connectivity index (χ4v) is 2.94. The van der Waals surface area contributed by atoms with E-state index in [0.717, 1.165) is 6.92 Å². The number of aromatic nitrogens is 1. The van der Waals surface area contributed by atoms with Gasteiger partial charge in [0.1, 0.15) is 0 Å². The van der Waals surface area contributed by atoms with Gasteiger partial charge in [0.15, 0.2) is 5.60 Å². The molecule has 0 aliphatic rings. The van der Waals surface area contributed by atoms with Crippen LogP contribution in [0.1, 0.15) is 39.7 Å². The lowest BCUT2D eigenvalue weighted by atomic mass is 9.69. The molecule has 0 saturated carbocycles. The minimum atomic E-state index is -4.49. The molecule has 6 heteroatoms. The van der Waals surface area contributed by atoms with Crippen molar-refractivity contribution < 1.29 is 22.7 Å². The Hall–Kier alpha value is -1.98. The van der Waals surface area contributed by atoms with E-state index in [2.05, 4.69) is 4.98 Å². The highest BCUT2D eigenvalue weighted by molar-refractivity contribution is 5.84. The molecule has 0 amide bonds. The normalized spacial score (nSPS) is 15.4. The summed E-state index contributed by atoms with van der Waals surface area (Å²) in [6.45, 7) is 6.06. The highest BCUT2D eigenvalue weighted by Gasteiger charge is 2.54. The van der Waals surface area contributed by atoms with E-state index in [0.29, 0.717) is 16.5 Å². The van der Waals surface area contributed by atoms with Crippen molar-refractivity contribution in [2.24, 2.45) is 5.41 Å². The Kier molecular flexibility index (Phi) is 4.22. The summed E-state index contributed by atoms with van der Waals surface area (Å²) < 4.78 is 45.3. The first-order valence-electron chi connectivity index (χ1n) is 7.29. The molecule has 0 saturated heterocycles. The number of hydrogen-bond acceptors (Lipinski definition) is 2. The number of alkyl halides is 3. The van der Waals surface area contributed by atoms with Crippen molar-refractivity contribution in [3.63, 3.8) is 0 Å². The van der Waals surface area contributed by atoms with Crippen LogP contribution in [0.5, 0.6) is 0 Å². The number of aromatic amines is 1. The maximum atomic E-state index is 13.3. The number of carbonyl (C=O) groups is 1. The van der Waals surface area contributed by atoms with Gasteiger partial charge in [-0.15, -0.1) is 0 Å². The van der Waals surface area contributed by atoms with Crippen molar-refractivity contribution >= 4 is 16.9 Å². The summed E-state index contributed by atoms with van der Waals surface area (Å²) in [4.78, 5) is 14.6. The maximum absolute atomic E-state index is 13.3. The van der Waals surface area contributed by atoms with Crippen molar-refractivity contribution in [3.8, 4) is 0 Å². The minimum absolute atomic E-state index is 0.341. The van der Waals surface area contributed by atoms with Gasteiger partial charge in [-0.25, -0.2) is 0 Å². The average molecular weight is 327 g/mol. The Morgan fingerprint density at radius 2 is 1.78 bits per heavy atom. The molecule has 2 rings (SSSR count). The SMILES string of the molecule is CC(=O)OC(CC(F)(F)F)(c1c[nH]c2ccccc12)C(C)(C)C. The van der Waals surface area contributed by atoms with Gasteiger partial charge in [-0.3, -0.25) is 4.79 Å². The Balaban J connectivity index is 2.76. The van der Waals surface area contributed by atoms with Gasteiger partial charge in [-0.1, -0.05) is 39.0 Å². The fraction of sp³-hybridized carbons (Fsp3) is 0.471. The van der Waals surface area contributed by atoms with Crippen LogP contribution in [0.2, 0.25) is 0 Å². The molecule has 0 radical (unpaired) electrons. The first-order chi connectivity index (χ1) is 10.5. The van der Waals surface area contributed by atoms with Gasteiger partial charge in [0, 0.05) is 35.0 Å². The first kappa shape index (κ1) is 17.4. The highest BCUT2D eigenvalue weighted by atomic mass is 19.4. The topological polar surface area (TPSA) is 42.1 Å². The van der Waals surface area contributed by atoms with Crippen molar-refractivity contribution in [1.82, 2.24) is 4.98 Å². The van der Waals surface area contributed by atoms with Gasteiger partial charge in [0.05, 0.1) is 6.42 Å². The predicted octanol–water partition coefficient (Wildman–Crippen LogP) is 4.92. The summed E-state index contributed by atoms with van der Waals surface area (Å²) in [5, 5.41) is 0.618. The first-order valence-corrected chi connectivity index (χ1v) is 7.29. The van der Waals surface area contributed by atoms with E-state index in [-0.39, 0.29) is 0 Å². The van der Waals surface area contributed by atoms with E-state index in [1.165, 1.54) is 6.20 Å². The lowest BCUT2D eigenvalue weighted by molar-refractivity contribution is -0.220. The number of ether oxygens (including phenoxy) is 1. The molecule has 1 heterocycles. The summed E-state index contributed by atoms with van der Waals surface area (Å²) >= 11 is 0. The largest absolute Gasteiger partial charge is 0.453 e. The third-order valence-corrected chi connectivity index (χ3v) is 4.00. The number of fused-ring (bicyclic) bond motifs is 1. The molecular formula is C17H20F3NO2. The van der Waals surface area contributed by atoms with Gasteiger partial charge in [-0.2, -0.15) is 13.2 Å². The summed E-state index contributed by atoms with van der Waals surface area (Å²) in [5.41, 5.74) is -1.73. The van der Waals surface area contributed by atoms with Crippen molar-refractivity contribution in [2.75, 3.05) is 0 Å². The summed E-state index contributed by atoms with van der Waals surface area (Å²) in [5.74, 6) is -0.741. The van der Waals surface area contributed by atoms with E-state index in [1.807, 2.05) is 0 Å². The van der Waals surface area contributed by atoms with Gasteiger partial charge >= 0.3 is 12.1 Å². The van der Waals surface area contributed by atoms with Crippen LogP contribution in [0.4, 0.5) is 13.2 Å². The van der Waals surface area contributed by atoms with Crippen LogP contribution in [-0.4, -0.2) is 17.1 Å². The number of nitrogens with one attached hydrogen (secondary N) is 1. The van der Waals surface area contributed by atoms with Crippen LogP contribution in [0.15, 0.2) is 30.5 Å². The average Bonchev–Trinajstić information content (AvgIpc) is 2.78. The summed E-state index contributed by atoms with van der Waals surface area (Å²) in [6, 6.07) is 7.03. The van der Waals surface area contributed by atoms with Gasteiger partial charge in [0.2, 0.25) is 0 Å². The molecule has 1 aromatic carbocycles. The number of carbonyl (C=O) groups excluding carboxylic acids is 1. The van der Waals surface area contributed by atoms with E-state index < -0.39 is 29.6 Å². The molecule has 23 heavy (non-hydrogen) atoms. The van der Waals surface area contributed by atoms with Gasteiger partial charge in [0.25, 0.3) is 0 Å². The number of benzene rings is 1. The second kappa shape index (κ2) is 5.58. The summed E-state index contributed by atoms with van der Waals surface area (Å²) in [7, 11) is 0. The molecule has 1 aromatic heterocycles. The minimum Gasteiger partial charge on any atom is -0.453 e. The number of rotatable bonds is 3. The van der Waals surface area contributed by atoms with Crippen LogP contribution in [0.25, 0.3) is 10.9 Å². The number of para-hydroxylation sites is 1. The van der Waals surface area contributed by atoms with Crippen molar-refractivity contribution in [2.45, 2.75) is 45.9 Å². The Bertz CT molecular complexity index is 712. The molecule has 0 spiro atoms. The second-order valence-electron chi connectivity index (χ2n) is 6.71.